The minimum absolute atomic E-state index is 0.0378. The quantitative estimate of drug-likeness (QED) is 0.788. The molecule has 1 aliphatic carbocycles. The maximum Gasteiger partial charge on any atom is 0.306 e. The van der Waals surface area contributed by atoms with E-state index in [2.05, 4.69) is 0 Å². The number of thioether (sulfide) groups is 1. The Morgan fingerprint density at radius 1 is 1.12 bits per heavy atom. The molecule has 5 heteroatoms. The first-order valence-electron chi connectivity index (χ1n) is 5.78. The third-order valence-corrected chi connectivity index (χ3v) is 4.40. The Kier molecular flexibility index (Phi) is 3.74. The fraction of sp³-hybridized carbons (Fsp3) is 0.818. The van der Waals surface area contributed by atoms with E-state index in [0.717, 1.165) is 31.0 Å². The van der Waals surface area contributed by atoms with Crippen LogP contribution in [0.3, 0.4) is 0 Å². The van der Waals surface area contributed by atoms with Crippen molar-refractivity contribution in [3.8, 4) is 0 Å². The van der Waals surface area contributed by atoms with Gasteiger partial charge in [-0.3, -0.25) is 9.59 Å². The molecule has 1 aliphatic heterocycles. The Labute approximate surface area is 99.4 Å². The zero-order chi connectivity index (χ0) is 11.5. The fourth-order valence-electron chi connectivity index (χ4n) is 2.47. The highest BCUT2D eigenvalue weighted by Crippen LogP contribution is 2.32. The molecule has 0 radical (unpaired) electrons. The molecule has 0 bridgehead atoms. The van der Waals surface area contributed by atoms with E-state index in [1.54, 1.807) is 0 Å². The maximum absolute atomic E-state index is 12.1. The number of nitrogens with zero attached hydrogens (tertiary/aromatic N) is 1. The largest absolute Gasteiger partial charge is 0.481 e. The molecule has 2 rings (SSSR count). The normalized spacial score (nSPS) is 30.4. The van der Waals surface area contributed by atoms with E-state index < -0.39 is 5.97 Å². The van der Waals surface area contributed by atoms with Gasteiger partial charge in [-0.15, -0.1) is 0 Å². The predicted molar refractivity (Wildman–Crippen MR) is 62.4 cm³/mol. The van der Waals surface area contributed by atoms with Gasteiger partial charge in [0.15, 0.2) is 0 Å². The SMILES string of the molecule is O=C(O)[C@H]1CC[C@@H](C(=O)N2CCSCC2)C1. The molecule has 1 heterocycles. The first kappa shape index (κ1) is 11.8. The third-order valence-electron chi connectivity index (χ3n) is 3.45. The zero-order valence-electron chi connectivity index (χ0n) is 9.22. The first-order chi connectivity index (χ1) is 7.68. The highest BCUT2D eigenvalue weighted by atomic mass is 32.2. The van der Waals surface area contributed by atoms with Crippen molar-refractivity contribution in [3.63, 3.8) is 0 Å². The van der Waals surface area contributed by atoms with Crippen molar-refractivity contribution in [2.75, 3.05) is 24.6 Å². The molecule has 90 valence electrons. The van der Waals surface area contributed by atoms with Crippen LogP contribution in [0.15, 0.2) is 0 Å². The van der Waals surface area contributed by atoms with Gasteiger partial charge in [0.25, 0.3) is 0 Å². The lowest BCUT2D eigenvalue weighted by atomic mass is 10.0. The van der Waals surface area contributed by atoms with E-state index in [4.69, 9.17) is 5.11 Å². The highest BCUT2D eigenvalue weighted by molar-refractivity contribution is 7.99. The minimum atomic E-state index is -0.746. The van der Waals surface area contributed by atoms with Gasteiger partial charge < -0.3 is 10.0 Å². The van der Waals surface area contributed by atoms with Gasteiger partial charge >= 0.3 is 5.97 Å². The van der Waals surface area contributed by atoms with E-state index in [0.29, 0.717) is 12.8 Å². The first-order valence-corrected chi connectivity index (χ1v) is 6.93. The topological polar surface area (TPSA) is 57.6 Å². The number of carbonyl (C=O) groups is 2. The van der Waals surface area contributed by atoms with Crippen LogP contribution in [0.2, 0.25) is 0 Å². The molecular formula is C11H17NO3S. The summed E-state index contributed by atoms with van der Waals surface area (Å²) in [5.74, 6) is 1.13. The summed E-state index contributed by atoms with van der Waals surface area (Å²) in [6.07, 6.45) is 1.95. The van der Waals surface area contributed by atoms with Gasteiger partial charge in [-0.1, -0.05) is 0 Å². The Balaban J connectivity index is 1.88. The van der Waals surface area contributed by atoms with Crippen LogP contribution in [0.5, 0.6) is 0 Å². The molecular weight excluding hydrogens is 226 g/mol. The van der Waals surface area contributed by atoms with Crippen molar-refractivity contribution in [3.05, 3.63) is 0 Å². The van der Waals surface area contributed by atoms with Gasteiger partial charge in [0, 0.05) is 30.5 Å². The van der Waals surface area contributed by atoms with Crippen LogP contribution >= 0.6 is 11.8 Å². The molecule has 0 spiro atoms. The van der Waals surface area contributed by atoms with Crippen molar-refractivity contribution in [2.24, 2.45) is 11.8 Å². The summed E-state index contributed by atoms with van der Waals surface area (Å²) in [6.45, 7) is 1.66. The van der Waals surface area contributed by atoms with Gasteiger partial charge in [-0.2, -0.15) is 11.8 Å². The van der Waals surface area contributed by atoms with Crippen molar-refractivity contribution in [1.29, 1.82) is 0 Å². The number of amides is 1. The lowest BCUT2D eigenvalue weighted by molar-refractivity contribution is -0.141. The summed E-state index contributed by atoms with van der Waals surface area (Å²) in [6, 6.07) is 0. The van der Waals surface area contributed by atoms with E-state index in [-0.39, 0.29) is 17.7 Å². The second-order valence-corrected chi connectivity index (χ2v) is 5.71. The van der Waals surface area contributed by atoms with Crippen LogP contribution in [0.25, 0.3) is 0 Å². The van der Waals surface area contributed by atoms with Crippen molar-refractivity contribution in [1.82, 2.24) is 4.90 Å². The third kappa shape index (κ3) is 2.51. The number of hydrogen-bond acceptors (Lipinski definition) is 3. The Bertz CT molecular complexity index is 289. The van der Waals surface area contributed by atoms with Crippen LogP contribution in [-0.2, 0) is 9.59 Å². The standard InChI is InChI=1S/C11H17NO3S/c13-10(12-3-5-16-6-4-12)8-1-2-9(7-8)11(14)15/h8-9H,1-7H2,(H,14,15)/t8-,9+/m1/s1. The highest BCUT2D eigenvalue weighted by Gasteiger charge is 2.36. The van der Waals surface area contributed by atoms with E-state index in [1.807, 2.05) is 16.7 Å². The van der Waals surface area contributed by atoms with Crippen LogP contribution < -0.4 is 0 Å². The van der Waals surface area contributed by atoms with Crippen LogP contribution in [0, 0.1) is 11.8 Å². The summed E-state index contributed by atoms with van der Waals surface area (Å²) in [7, 11) is 0. The monoisotopic (exact) mass is 243 g/mol. The smallest absolute Gasteiger partial charge is 0.306 e. The molecule has 0 aromatic carbocycles. The van der Waals surface area contributed by atoms with Crippen LogP contribution in [0.1, 0.15) is 19.3 Å². The van der Waals surface area contributed by atoms with Gasteiger partial charge in [0.2, 0.25) is 5.91 Å². The van der Waals surface area contributed by atoms with Crippen LogP contribution in [0.4, 0.5) is 0 Å². The van der Waals surface area contributed by atoms with Crippen molar-refractivity contribution >= 4 is 23.6 Å². The van der Waals surface area contributed by atoms with E-state index >= 15 is 0 Å². The molecule has 2 atom stereocenters. The average Bonchev–Trinajstić information content (AvgIpc) is 2.78. The van der Waals surface area contributed by atoms with Crippen molar-refractivity contribution < 1.29 is 14.7 Å². The Morgan fingerprint density at radius 2 is 1.75 bits per heavy atom. The van der Waals surface area contributed by atoms with E-state index in [9.17, 15) is 9.59 Å². The summed E-state index contributed by atoms with van der Waals surface area (Å²) in [4.78, 5) is 24.8. The van der Waals surface area contributed by atoms with Gasteiger partial charge in [0.1, 0.15) is 0 Å². The predicted octanol–water partition coefficient (Wildman–Crippen LogP) is 1.06. The lowest BCUT2D eigenvalue weighted by Crippen LogP contribution is -2.41. The maximum atomic E-state index is 12.1. The van der Waals surface area contributed by atoms with Gasteiger partial charge in [0.05, 0.1) is 5.92 Å². The molecule has 1 saturated heterocycles. The Hall–Kier alpha value is -0.710. The van der Waals surface area contributed by atoms with Gasteiger partial charge in [-0.05, 0) is 19.3 Å². The number of hydrogen-bond donors (Lipinski definition) is 1. The minimum Gasteiger partial charge on any atom is -0.481 e. The van der Waals surface area contributed by atoms with Crippen molar-refractivity contribution in [2.45, 2.75) is 19.3 Å². The number of carboxylic acid groups (broad SMARTS) is 1. The molecule has 0 aromatic rings. The number of carbonyl (C=O) groups excluding carboxylic acids is 1. The second kappa shape index (κ2) is 5.08. The van der Waals surface area contributed by atoms with Gasteiger partial charge in [-0.25, -0.2) is 0 Å². The molecule has 1 saturated carbocycles. The summed E-state index contributed by atoms with van der Waals surface area (Å²) in [5.41, 5.74) is 0. The number of aliphatic carboxylic acids is 1. The molecule has 4 nitrogen and oxygen atoms in total. The molecule has 0 aromatic heterocycles. The van der Waals surface area contributed by atoms with Crippen LogP contribution in [-0.4, -0.2) is 46.5 Å². The average molecular weight is 243 g/mol. The molecule has 2 fully saturated rings. The molecule has 1 amide bonds. The molecule has 16 heavy (non-hydrogen) atoms. The second-order valence-electron chi connectivity index (χ2n) is 4.48. The number of carboxylic acids is 1. The lowest BCUT2D eigenvalue weighted by Gasteiger charge is -2.28. The Morgan fingerprint density at radius 3 is 2.31 bits per heavy atom. The summed E-state index contributed by atoms with van der Waals surface area (Å²) < 4.78 is 0. The molecule has 2 aliphatic rings. The summed E-state index contributed by atoms with van der Waals surface area (Å²) >= 11 is 1.88. The molecule has 1 N–H and O–H groups in total. The zero-order valence-corrected chi connectivity index (χ0v) is 10.0. The van der Waals surface area contributed by atoms with E-state index in [1.165, 1.54) is 0 Å². The fourth-order valence-corrected chi connectivity index (χ4v) is 3.38. The number of rotatable bonds is 2. The summed E-state index contributed by atoms with van der Waals surface area (Å²) in [5, 5.41) is 8.89. The molecule has 0 unspecified atom stereocenters.